The van der Waals surface area contributed by atoms with E-state index in [-0.39, 0.29) is 11.1 Å². The van der Waals surface area contributed by atoms with E-state index in [1.54, 1.807) is 12.1 Å². The molecule has 0 saturated heterocycles. The number of carbonyl (C=O) groups excluding carboxylic acids is 1. The first-order valence-corrected chi connectivity index (χ1v) is 15.1. The Kier molecular flexibility index (Phi) is 7.81. The molecule has 0 unspecified atom stereocenters. The van der Waals surface area contributed by atoms with Gasteiger partial charge in [-0.2, -0.15) is 0 Å². The Morgan fingerprint density at radius 1 is 0.579 bits per heavy atom. The molecule has 0 radical (unpaired) electrons. The van der Waals surface area contributed by atoms with Crippen LogP contribution in [0.4, 0.5) is 0 Å². The first-order chi connectivity index (χ1) is 18.6. The predicted octanol–water partition coefficient (Wildman–Crippen LogP) is 6.44. The zero-order valence-electron chi connectivity index (χ0n) is 21.2. The number of ether oxygens (including phenoxy) is 1. The second-order valence-corrected chi connectivity index (χ2v) is 13.4. The molecule has 0 aliphatic heterocycles. The molecule has 192 valence electrons. The molecule has 0 saturated carbocycles. The number of allylic oxidation sites excluding steroid dienone is 2. The van der Waals surface area contributed by atoms with Crippen LogP contribution in [0.5, 0.6) is 0 Å². The summed E-state index contributed by atoms with van der Waals surface area (Å²) >= 11 is 0. The number of carboxylic acids is 1. The summed E-state index contributed by atoms with van der Waals surface area (Å²) < 4.78 is 6.24. The number of esters is 1. The molecule has 0 heterocycles. The zero-order chi connectivity index (χ0) is 26.4. The van der Waals surface area contributed by atoms with Gasteiger partial charge in [-0.25, -0.2) is 0 Å². The molecule has 5 heteroatoms. The third-order valence-electron chi connectivity index (χ3n) is 7.33. The summed E-state index contributed by atoms with van der Waals surface area (Å²) in [5.41, 5.74) is 0.0217. The number of carboxylic acid groups (broad SMARTS) is 1. The topological polar surface area (TPSA) is 63.6 Å². The fourth-order valence-corrected chi connectivity index (χ4v) is 10.9. The normalized spacial score (nSPS) is 14.4. The monoisotopic (exact) mass is 522 g/mol. The van der Waals surface area contributed by atoms with Crippen LogP contribution >= 0.6 is 7.26 Å². The maximum atomic E-state index is 13.5. The number of carbonyl (C=O) groups is 2. The Balaban J connectivity index is 1.77. The van der Waals surface area contributed by atoms with Gasteiger partial charge >= 0.3 is 224 Å². The maximum absolute atomic E-state index is 13.5. The molecule has 0 amide bonds. The van der Waals surface area contributed by atoms with Crippen molar-refractivity contribution in [2.45, 2.75) is 32.1 Å². The molecule has 38 heavy (non-hydrogen) atoms. The van der Waals surface area contributed by atoms with E-state index in [9.17, 15) is 14.7 Å². The molecule has 4 aromatic rings. The van der Waals surface area contributed by atoms with Gasteiger partial charge < -0.3 is 0 Å². The zero-order valence-corrected chi connectivity index (χ0v) is 22.2. The molecule has 5 rings (SSSR count). The number of benzene rings is 4. The molecule has 1 aliphatic rings. The van der Waals surface area contributed by atoms with Crippen molar-refractivity contribution in [1.29, 1.82) is 0 Å². The van der Waals surface area contributed by atoms with Gasteiger partial charge in [0.1, 0.15) is 0 Å². The standard InChI is InChI=1S/C33H31O4P/c34-32(35)28-21-13-14-22-29(28)33(36)37-30-23-11-4-12-24-31(30)38(25-15-5-1-6-16-25,26-17-7-2-8-18-26)27-19-9-3-10-20-27/h1-3,5-10,13-22,38H,4,11-12,23-24H2,(H,34,35). The van der Waals surface area contributed by atoms with Crippen molar-refractivity contribution in [2.75, 3.05) is 0 Å². The Hall–Kier alpha value is -4.01. The molecule has 4 aromatic carbocycles. The minimum absolute atomic E-state index is 0.0500. The van der Waals surface area contributed by atoms with Crippen molar-refractivity contribution in [3.8, 4) is 0 Å². The first-order valence-electron chi connectivity index (χ1n) is 13.1. The van der Waals surface area contributed by atoms with Crippen molar-refractivity contribution in [3.63, 3.8) is 0 Å². The summed E-state index contributed by atoms with van der Waals surface area (Å²) in [6.07, 6.45) is 4.41. The van der Waals surface area contributed by atoms with Gasteiger partial charge in [0.2, 0.25) is 0 Å². The second-order valence-electron chi connectivity index (χ2n) is 9.55. The van der Waals surface area contributed by atoms with Gasteiger partial charge in [-0.1, -0.05) is 0 Å². The first kappa shape index (κ1) is 25.6. The minimum atomic E-state index is -2.84. The van der Waals surface area contributed by atoms with Gasteiger partial charge in [0, 0.05) is 0 Å². The van der Waals surface area contributed by atoms with Gasteiger partial charge in [0.15, 0.2) is 0 Å². The van der Waals surface area contributed by atoms with Crippen molar-refractivity contribution in [2.24, 2.45) is 0 Å². The third kappa shape index (κ3) is 4.92. The second kappa shape index (κ2) is 11.6. The van der Waals surface area contributed by atoms with E-state index in [0.29, 0.717) is 12.2 Å². The number of rotatable bonds is 7. The van der Waals surface area contributed by atoms with Crippen LogP contribution in [-0.4, -0.2) is 17.0 Å². The average Bonchev–Trinajstić information content (AvgIpc) is 3.21. The molecule has 0 aromatic heterocycles. The predicted molar refractivity (Wildman–Crippen MR) is 155 cm³/mol. The van der Waals surface area contributed by atoms with Crippen LogP contribution in [0.1, 0.15) is 52.8 Å². The van der Waals surface area contributed by atoms with Crippen LogP contribution in [0, 0.1) is 0 Å². The van der Waals surface area contributed by atoms with E-state index in [0.717, 1.165) is 25.7 Å². The van der Waals surface area contributed by atoms with E-state index < -0.39 is 19.2 Å². The molecular formula is C33H31O4P. The van der Waals surface area contributed by atoms with E-state index in [1.165, 1.54) is 33.4 Å². The van der Waals surface area contributed by atoms with E-state index >= 15 is 0 Å². The van der Waals surface area contributed by atoms with Crippen molar-refractivity contribution in [1.82, 2.24) is 0 Å². The van der Waals surface area contributed by atoms with Gasteiger partial charge in [-0.15, -0.1) is 0 Å². The van der Waals surface area contributed by atoms with E-state index in [2.05, 4.69) is 72.8 Å². The molecule has 0 atom stereocenters. The summed E-state index contributed by atoms with van der Waals surface area (Å²) in [4.78, 5) is 25.4. The van der Waals surface area contributed by atoms with Crippen LogP contribution in [0.2, 0.25) is 0 Å². The summed E-state index contributed by atoms with van der Waals surface area (Å²) in [7, 11) is -2.84. The van der Waals surface area contributed by atoms with Crippen molar-refractivity contribution >= 4 is 35.1 Å². The fraction of sp³-hybridized carbons (Fsp3) is 0.152. The number of hydrogen-bond donors (Lipinski definition) is 1. The average molecular weight is 523 g/mol. The molecule has 0 bridgehead atoms. The molecule has 4 nitrogen and oxygen atoms in total. The SMILES string of the molecule is O=C(O)c1ccccc1C(=O)OC1=C([PH](c2ccccc2)(c2ccccc2)c2ccccc2)CCCCC1. The Morgan fingerprint density at radius 3 is 1.53 bits per heavy atom. The van der Waals surface area contributed by atoms with Gasteiger partial charge in [-0.3, -0.25) is 0 Å². The van der Waals surface area contributed by atoms with Crippen LogP contribution in [-0.2, 0) is 4.74 Å². The Labute approximate surface area is 224 Å². The van der Waals surface area contributed by atoms with Crippen molar-refractivity contribution < 1.29 is 19.4 Å². The van der Waals surface area contributed by atoms with Crippen LogP contribution < -0.4 is 15.9 Å². The fourth-order valence-electron chi connectivity index (χ4n) is 5.67. The van der Waals surface area contributed by atoms with Crippen LogP contribution in [0.3, 0.4) is 0 Å². The summed E-state index contributed by atoms with van der Waals surface area (Å²) in [5.74, 6) is -1.07. The van der Waals surface area contributed by atoms with Gasteiger partial charge in [0.05, 0.1) is 0 Å². The van der Waals surface area contributed by atoms with Crippen LogP contribution in [0.25, 0.3) is 0 Å². The Bertz CT molecular complexity index is 1350. The number of aromatic carboxylic acids is 1. The summed E-state index contributed by atoms with van der Waals surface area (Å²) in [6.45, 7) is 0. The number of hydrogen-bond acceptors (Lipinski definition) is 3. The molecule has 1 aliphatic carbocycles. The summed E-state index contributed by atoms with van der Waals surface area (Å²) in [6, 6.07) is 38.0. The van der Waals surface area contributed by atoms with E-state index in [1.807, 2.05) is 18.2 Å². The molecule has 0 fully saturated rings. The quantitative estimate of drug-likeness (QED) is 0.224. The summed E-state index contributed by atoms with van der Waals surface area (Å²) in [5, 5.41) is 14.6. The van der Waals surface area contributed by atoms with Crippen LogP contribution in [0.15, 0.2) is 126 Å². The third-order valence-corrected chi connectivity index (χ3v) is 12.4. The van der Waals surface area contributed by atoms with Gasteiger partial charge in [-0.05, 0) is 0 Å². The van der Waals surface area contributed by atoms with Gasteiger partial charge in [0.25, 0.3) is 0 Å². The Morgan fingerprint density at radius 2 is 1.03 bits per heavy atom. The van der Waals surface area contributed by atoms with Crippen molar-refractivity contribution in [3.05, 3.63) is 137 Å². The molecular weight excluding hydrogens is 491 g/mol. The molecule has 0 spiro atoms. The molecule has 1 N–H and O–H groups in total. The van der Waals surface area contributed by atoms with E-state index in [4.69, 9.17) is 4.74 Å².